The molecular weight excluding hydrogens is 407 g/mol. The van der Waals surface area contributed by atoms with Gasteiger partial charge in [-0.15, -0.1) is 23.2 Å². The third-order valence-electron chi connectivity index (χ3n) is 4.11. The summed E-state index contributed by atoms with van der Waals surface area (Å²) in [6.45, 7) is 3.18. The lowest BCUT2D eigenvalue weighted by molar-refractivity contribution is -0.870. The molecule has 27 heavy (non-hydrogen) atoms. The van der Waals surface area contributed by atoms with Crippen molar-refractivity contribution >= 4 is 34.8 Å². The van der Waals surface area contributed by atoms with E-state index in [-0.39, 0.29) is 18.3 Å². The van der Waals surface area contributed by atoms with Crippen LogP contribution in [0.3, 0.4) is 0 Å². The maximum Gasteiger partial charge on any atom is 0.237 e. The number of rotatable bonds is 12. The number of nitrogens with one attached hydrogen (secondary N) is 1. The maximum atomic E-state index is 12.1. The molecule has 1 rings (SSSR count). The monoisotopic (exact) mass is 438 g/mol. The number of hydrogen-bond acceptors (Lipinski definition) is 3. The molecule has 0 radical (unpaired) electrons. The highest BCUT2D eigenvalue weighted by Crippen LogP contribution is 2.16. The zero-order valence-corrected chi connectivity index (χ0v) is 18.8. The van der Waals surface area contributed by atoms with Crippen LogP contribution in [-0.2, 0) is 11.2 Å². The predicted molar refractivity (Wildman–Crippen MR) is 112 cm³/mol. The molecule has 0 aliphatic heterocycles. The highest BCUT2D eigenvalue weighted by Gasteiger charge is 2.15. The summed E-state index contributed by atoms with van der Waals surface area (Å²) in [4.78, 5) is 14.3. The van der Waals surface area contributed by atoms with E-state index >= 15 is 0 Å². The Morgan fingerprint density at radius 1 is 1.15 bits per heavy atom. The number of alkyl halides is 2. The van der Waals surface area contributed by atoms with Gasteiger partial charge in [0.2, 0.25) is 5.91 Å². The number of carbonyl (C=O) groups excluding carboxylic acids is 1. The van der Waals surface area contributed by atoms with Gasteiger partial charge in [-0.25, -0.2) is 0 Å². The van der Waals surface area contributed by atoms with E-state index in [2.05, 4.69) is 31.4 Å². The number of halogens is 3. The average Bonchev–Trinajstić information content (AvgIpc) is 2.58. The molecule has 0 saturated carbocycles. The van der Waals surface area contributed by atoms with Gasteiger partial charge in [0.1, 0.15) is 0 Å². The molecule has 0 aromatic heterocycles. The van der Waals surface area contributed by atoms with Crippen LogP contribution >= 0.6 is 23.2 Å². The van der Waals surface area contributed by atoms with Crippen molar-refractivity contribution < 1.29 is 21.7 Å². The molecule has 0 aliphatic rings. The number of carbonyl (C=O) groups is 1. The summed E-state index contributed by atoms with van der Waals surface area (Å²) in [5.41, 5.74) is 8.17. The fourth-order valence-corrected chi connectivity index (χ4v) is 3.07. The van der Waals surface area contributed by atoms with Gasteiger partial charge in [-0.1, -0.05) is 12.1 Å². The molecule has 0 heterocycles. The summed E-state index contributed by atoms with van der Waals surface area (Å²) in [6.07, 6.45) is 1.46. The second-order valence-electron chi connectivity index (χ2n) is 7.50. The van der Waals surface area contributed by atoms with Crippen molar-refractivity contribution in [3.8, 4) is 0 Å². The number of nitrogens with zero attached hydrogens (tertiary/aromatic N) is 2. The molecule has 1 aromatic carbocycles. The van der Waals surface area contributed by atoms with Gasteiger partial charge in [0.25, 0.3) is 0 Å². The van der Waals surface area contributed by atoms with E-state index < -0.39 is 6.04 Å². The van der Waals surface area contributed by atoms with Gasteiger partial charge in [-0.05, 0) is 24.1 Å². The molecule has 5 nitrogen and oxygen atoms in total. The molecule has 1 unspecified atom stereocenters. The Balaban J connectivity index is 0.00000676. The topological polar surface area (TPSA) is 58.4 Å². The smallest absolute Gasteiger partial charge is 0.237 e. The van der Waals surface area contributed by atoms with E-state index in [1.54, 1.807) is 0 Å². The Kier molecular flexibility index (Phi) is 13.1. The van der Waals surface area contributed by atoms with E-state index in [1.807, 2.05) is 24.3 Å². The normalized spacial score (nSPS) is 12.2. The Hall–Kier alpha value is -0.720. The Labute approximate surface area is 180 Å². The van der Waals surface area contributed by atoms with Crippen molar-refractivity contribution in [3.63, 3.8) is 0 Å². The number of anilines is 1. The lowest BCUT2D eigenvalue weighted by atomic mass is 10.1. The third kappa shape index (κ3) is 11.0. The van der Waals surface area contributed by atoms with Crippen molar-refractivity contribution in [1.29, 1.82) is 0 Å². The minimum Gasteiger partial charge on any atom is -1.00 e. The minimum atomic E-state index is -0.535. The predicted octanol–water partition coefficient (Wildman–Crippen LogP) is -0.943. The van der Waals surface area contributed by atoms with Crippen LogP contribution in [0.15, 0.2) is 24.3 Å². The van der Waals surface area contributed by atoms with Crippen LogP contribution in [0.25, 0.3) is 0 Å². The van der Waals surface area contributed by atoms with Gasteiger partial charge in [-0.2, -0.15) is 0 Å². The molecule has 1 aromatic rings. The van der Waals surface area contributed by atoms with Crippen LogP contribution in [-0.4, -0.2) is 75.5 Å². The second-order valence-corrected chi connectivity index (χ2v) is 8.26. The largest absolute Gasteiger partial charge is 1.00 e. The van der Waals surface area contributed by atoms with Crippen LogP contribution in [0.5, 0.6) is 0 Å². The van der Waals surface area contributed by atoms with E-state index in [9.17, 15) is 4.79 Å². The summed E-state index contributed by atoms with van der Waals surface area (Å²) < 4.78 is 0.888. The molecule has 0 bridgehead atoms. The van der Waals surface area contributed by atoms with Gasteiger partial charge < -0.3 is 32.8 Å². The van der Waals surface area contributed by atoms with E-state index in [4.69, 9.17) is 28.9 Å². The molecule has 156 valence electrons. The van der Waals surface area contributed by atoms with Crippen molar-refractivity contribution in [2.45, 2.75) is 18.9 Å². The first-order valence-electron chi connectivity index (χ1n) is 9.06. The minimum absolute atomic E-state index is 0. The quantitative estimate of drug-likeness (QED) is 0.251. The zero-order valence-electron chi connectivity index (χ0n) is 16.6. The van der Waals surface area contributed by atoms with Crippen LogP contribution in [0.2, 0.25) is 0 Å². The van der Waals surface area contributed by atoms with E-state index in [0.717, 1.165) is 41.8 Å². The Bertz CT molecular complexity index is 529. The van der Waals surface area contributed by atoms with Crippen LogP contribution in [0, 0.1) is 0 Å². The summed E-state index contributed by atoms with van der Waals surface area (Å²) >= 11 is 11.7. The highest BCUT2D eigenvalue weighted by molar-refractivity contribution is 6.18. The fraction of sp³-hybridized carbons (Fsp3) is 0.632. The molecule has 3 N–H and O–H groups in total. The van der Waals surface area contributed by atoms with Crippen molar-refractivity contribution in [2.24, 2.45) is 5.73 Å². The zero-order chi connectivity index (χ0) is 19.6. The Morgan fingerprint density at radius 3 is 2.19 bits per heavy atom. The SMILES string of the molecule is C[N+](C)(C)CCCNC(=O)C(N)Cc1ccc(N(CCCl)CCCl)cc1.[Cl-]. The van der Waals surface area contributed by atoms with Gasteiger partial charge in [0, 0.05) is 43.5 Å². The third-order valence-corrected chi connectivity index (χ3v) is 4.45. The first-order chi connectivity index (χ1) is 12.3. The lowest BCUT2D eigenvalue weighted by Gasteiger charge is -2.24. The van der Waals surface area contributed by atoms with Crippen LogP contribution in [0.1, 0.15) is 12.0 Å². The summed E-state index contributed by atoms with van der Waals surface area (Å²) in [7, 11) is 6.41. The molecule has 0 saturated heterocycles. The van der Waals surface area contributed by atoms with Crippen LogP contribution in [0.4, 0.5) is 5.69 Å². The molecular formula is C19H33Cl3N4O. The van der Waals surface area contributed by atoms with Gasteiger partial charge in [0.15, 0.2) is 0 Å². The standard InChI is InChI=1S/C19H32Cl2N4O.ClH/c1-25(2,3)14-4-11-23-19(26)18(22)15-16-5-7-17(8-6-16)24(12-9-20)13-10-21;/h5-8,18H,4,9-15,22H2,1-3H3;1H. The van der Waals surface area contributed by atoms with Crippen LogP contribution < -0.4 is 28.4 Å². The number of benzene rings is 1. The van der Waals surface area contributed by atoms with Gasteiger partial charge >= 0.3 is 0 Å². The van der Waals surface area contributed by atoms with Gasteiger partial charge in [-0.3, -0.25) is 4.79 Å². The van der Waals surface area contributed by atoms with E-state index in [1.165, 1.54) is 0 Å². The first kappa shape index (κ1) is 26.3. The summed E-state index contributed by atoms with van der Waals surface area (Å²) in [6, 6.07) is 7.54. The first-order valence-corrected chi connectivity index (χ1v) is 10.1. The maximum absolute atomic E-state index is 12.1. The van der Waals surface area contributed by atoms with Crippen molar-refractivity contribution in [3.05, 3.63) is 29.8 Å². The molecule has 0 aliphatic carbocycles. The Morgan fingerprint density at radius 2 is 1.70 bits per heavy atom. The summed E-state index contributed by atoms with van der Waals surface area (Å²) in [5, 5.41) is 2.93. The lowest BCUT2D eigenvalue weighted by Crippen LogP contribution is -3.00. The molecule has 0 spiro atoms. The molecule has 1 atom stereocenters. The number of nitrogens with two attached hydrogens (primary N) is 1. The van der Waals surface area contributed by atoms with E-state index in [0.29, 0.717) is 24.7 Å². The molecule has 0 fully saturated rings. The molecule has 1 amide bonds. The number of quaternary nitrogens is 1. The van der Waals surface area contributed by atoms with Crippen molar-refractivity contribution in [2.75, 3.05) is 64.0 Å². The highest BCUT2D eigenvalue weighted by atomic mass is 35.5. The molecule has 8 heteroatoms. The van der Waals surface area contributed by atoms with Crippen molar-refractivity contribution in [1.82, 2.24) is 5.32 Å². The van der Waals surface area contributed by atoms with Gasteiger partial charge in [0.05, 0.1) is 33.7 Å². The average molecular weight is 440 g/mol. The number of amides is 1. The number of hydrogen-bond donors (Lipinski definition) is 2. The summed E-state index contributed by atoms with van der Waals surface area (Å²) in [5.74, 6) is 1.01. The second kappa shape index (κ2) is 13.5. The fourth-order valence-electron chi connectivity index (χ4n) is 2.66.